The highest BCUT2D eigenvalue weighted by atomic mass is 19.4. The zero-order valence-electron chi connectivity index (χ0n) is 16.3. The molecule has 10 heteroatoms. The highest BCUT2D eigenvalue weighted by Gasteiger charge is 2.34. The van der Waals surface area contributed by atoms with E-state index in [2.05, 4.69) is 20.9 Å². The van der Waals surface area contributed by atoms with Gasteiger partial charge in [-0.25, -0.2) is 9.78 Å². The molecular weight excluding hydrogens is 411 g/mol. The standard InChI is InChI=1S/C21H20F3N5O2/c22-21(23,24)17-13-16(27-19(30)15-5-2-1-3-6-15)7-8-18(17)28-20(31)26-9-4-11-29-12-10-25-14-29/h1-3,5-8,10,12-14H,4,9,11H2,(H,27,30)(H2,26,28,31). The number of imidazole rings is 1. The van der Waals surface area contributed by atoms with Crippen LogP contribution in [0.25, 0.3) is 0 Å². The molecule has 0 unspecified atom stereocenters. The maximum atomic E-state index is 13.5. The van der Waals surface area contributed by atoms with Crippen molar-refractivity contribution in [3.05, 3.63) is 78.4 Å². The SMILES string of the molecule is O=C(NCCCn1ccnc1)Nc1ccc(NC(=O)c2ccccc2)cc1C(F)(F)F. The normalized spacial score (nSPS) is 11.1. The Kier molecular flexibility index (Phi) is 6.91. The lowest BCUT2D eigenvalue weighted by Crippen LogP contribution is -2.31. The number of hydrogen-bond acceptors (Lipinski definition) is 3. The summed E-state index contributed by atoms with van der Waals surface area (Å²) >= 11 is 0. The van der Waals surface area contributed by atoms with Crippen molar-refractivity contribution in [3.8, 4) is 0 Å². The van der Waals surface area contributed by atoms with Crippen molar-refractivity contribution < 1.29 is 22.8 Å². The van der Waals surface area contributed by atoms with Crippen LogP contribution in [0.15, 0.2) is 67.3 Å². The number of halogens is 3. The van der Waals surface area contributed by atoms with Gasteiger partial charge in [0.15, 0.2) is 0 Å². The monoisotopic (exact) mass is 431 g/mol. The zero-order valence-corrected chi connectivity index (χ0v) is 16.3. The number of aryl methyl sites for hydroxylation is 1. The molecule has 3 aromatic rings. The van der Waals surface area contributed by atoms with E-state index < -0.39 is 29.4 Å². The van der Waals surface area contributed by atoms with Gasteiger partial charge < -0.3 is 20.5 Å². The topological polar surface area (TPSA) is 88.1 Å². The molecule has 2 aromatic carbocycles. The van der Waals surface area contributed by atoms with Crippen LogP contribution in [-0.4, -0.2) is 28.0 Å². The third kappa shape index (κ3) is 6.33. The third-order valence-corrected chi connectivity index (χ3v) is 4.30. The first-order valence-corrected chi connectivity index (χ1v) is 9.41. The largest absolute Gasteiger partial charge is 0.418 e. The fourth-order valence-corrected chi connectivity index (χ4v) is 2.81. The second-order valence-electron chi connectivity index (χ2n) is 6.61. The minimum absolute atomic E-state index is 0.0348. The molecule has 0 aliphatic heterocycles. The molecule has 0 aliphatic rings. The molecule has 0 saturated heterocycles. The summed E-state index contributed by atoms with van der Waals surface area (Å²) in [4.78, 5) is 28.1. The second kappa shape index (κ2) is 9.79. The van der Waals surface area contributed by atoms with Crippen molar-refractivity contribution in [1.29, 1.82) is 0 Å². The number of nitrogens with one attached hydrogen (secondary N) is 3. The number of urea groups is 1. The van der Waals surface area contributed by atoms with Gasteiger partial charge in [-0.05, 0) is 36.8 Å². The van der Waals surface area contributed by atoms with Crippen LogP contribution in [0.1, 0.15) is 22.3 Å². The number of carbonyl (C=O) groups excluding carboxylic acids is 2. The number of hydrogen-bond donors (Lipinski definition) is 3. The molecule has 0 aliphatic carbocycles. The van der Waals surface area contributed by atoms with Crippen LogP contribution in [0.5, 0.6) is 0 Å². The van der Waals surface area contributed by atoms with Gasteiger partial charge in [0.1, 0.15) is 0 Å². The lowest BCUT2D eigenvalue weighted by molar-refractivity contribution is -0.136. The number of aromatic nitrogens is 2. The minimum Gasteiger partial charge on any atom is -0.338 e. The van der Waals surface area contributed by atoms with Gasteiger partial charge in [0, 0.05) is 36.7 Å². The van der Waals surface area contributed by atoms with E-state index in [0.717, 1.165) is 12.1 Å². The Bertz CT molecular complexity index is 1020. The minimum atomic E-state index is -4.72. The first-order valence-electron chi connectivity index (χ1n) is 9.41. The van der Waals surface area contributed by atoms with Crippen LogP contribution in [-0.2, 0) is 12.7 Å². The fraction of sp³-hybridized carbons (Fsp3) is 0.190. The summed E-state index contributed by atoms with van der Waals surface area (Å²) in [5.41, 5.74) is -1.19. The van der Waals surface area contributed by atoms with Crippen LogP contribution in [0.3, 0.4) is 0 Å². The smallest absolute Gasteiger partial charge is 0.338 e. The van der Waals surface area contributed by atoms with Gasteiger partial charge >= 0.3 is 12.2 Å². The fourth-order valence-electron chi connectivity index (χ4n) is 2.81. The van der Waals surface area contributed by atoms with Gasteiger partial charge in [0.25, 0.3) is 5.91 Å². The molecule has 3 N–H and O–H groups in total. The molecular formula is C21H20F3N5O2. The summed E-state index contributed by atoms with van der Waals surface area (Å²) in [5, 5.41) is 7.17. The molecule has 0 atom stereocenters. The number of amides is 3. The first kappa shape index (κ1) is 21.9. The quantitative estimate of drug-likeness (QED) is 0.486. The molecule has 0 spiro atoms. The molecule has 1 aromatic heterocycles. The maximum absolute atomic E-state index is 13.5. The van der Waals surface area contributed by atoms with E-state index in [0.29, 0.717) is 18.5 Å². The second-order valence-corrected chi connectivity index (χ2v) is 6.61. The van der Waals surface area contributed by atoms with Gasteiger partial charge in [-0.3, -0.25) is 4.79 Å². The Labute approximate surface area is 176 Å². The van der Waals surface area contributed by atoms with Crippen molar-refractivity contribution in [3.63, 3.8) is 0 Å². The van der Waals surface area contributed by atoms with Crippen molar-refractivity contribution >= 4 is 23.3 Å². The predicted molar refractivity (Wildman–Crippen MR) is 110 cm³/mol. The van der Waals surface area contributed by atoms with E-state index in [-0.39, 0.29) is 12.2 Å². The maximum Gasteiger partial charge on any atom is 0.418 e. The Balaban J connectivity index is 1.62. The van der Waals surface area contributed by atoms with Crippen molar-refractivity contribution in [2.45, 2.75) is 19.1 Å². The van der Waals surface area contributed by atoms with Gasteiger partial charge in [-0.1, -0.05) is 18.2 Å². The molecule has 3 amide bonds. The molecule has 0 saturated carbocycles. The highest BCUT2D eigenvalue weighted by molar-refractivity contribution is 6.04. The van der Waals surface area contributed by atoms with Crippen LogP contribution < -0.4 is 16.0 Å². The molecule has 0 bridgehead atoms. The molecule has 3 rings (SSSR count). The summed E-state index contributed by atoms with van der Waals surface area (Å²) in [6.45, 7) is 0.889. The van der Waals surface area contributed by atoms with Crippen LogP contribution in [0.4, 0.5) is 29.3 Å². The number of alkyl halides is 3. The van der Waals surface area contributed by atoms with Crippen molar-refractivity contribution in [1.82, 2.24) is 14.9 Å². The number of benzene rings is 2. The summed E-state index contributed by atoms with van der Waals surface area (Å²) in [5.74, 6) is -0.537. The molecule has 31 heavy (non-hydrogen) atoms. The van der Waals surface area contributed by atoms with Gasteiger partial charge in [0.2, 0.25) is 0 Å². The van der Waals surface area contributed by atoms with Crippen molar-refractivity contribution in [2.75, 3.05) is 17.2 Å². The molecule has 7 nitrogen and oxygen atoms in total. The number of rotatable bonds is 7. The lowest BCUT2D eigenvalue weighted by atomic mass is 10.1. The Morgan fingerprint density at radius 3 is 2.48 bits per heavy atom. The lowest BCUT2D eigenvalue weighted by Gasteiger charge is -2.16. The van der Waals surface area contributed by atoms with E-state index in [1.54, 1.807) is 49.1 Å². The average Bonchev–Trinajstić information content (AvgIpc) is 3.26. The van der Waals surface area contributed by atoms with E-state index in [9.17, 15) is 22.8 Å². The van der Waals surface area contributed by atoms with E-state index in [1.807, 2.05) is 4.57 Å². The Hall–Kier alpha value is -3.82. The van der Waals surface area contributed by atoms with Gasteiger partial charge in [-0.15, -0.1) is 0 Å². The summed E-state index contributed by atoms with van der Waals surface area (Å²) in [6, 6.07) is 10.6. The van der Waals surface area contributed by atoms with Crippen LogP contribution in [0.2, 0.25) is 0 Å². The molecule has 0 fully saturated rings. The number of carbonyl (C=O) groups is 2. The summed E-state index contributed by atoms with van der Waals surface area (Å²) in [7, 11) is 0. The Morgan fingerprint density at radius 2 is 1.81 bits per heavy atom. The Morgan fingerprint density at radius 1 is 1.03 bits per heavy atom. The van der Waals surface area contributed by atoms with Crippen LogP contribution in [0, 0.1) is 0 Å². The van der Waals surface area contributed by atoms with Crippen LogP contribution >= 0.6 is 0 Å². The van der Waals surface area contributed by atoms with Gasteiger partial charge in [0.05, 0.1) is 17.6 Å². The van der Waals surface area contributed by atoms with E-state index in [1.165, 1.54) is 6.07 Å². The third-order valence-electron chi connectivity index (χ3n) is 4.30. The highest BCUT2D eigenvalue weighted by Crippen LogP contribution is 2.36. The van der Waals surface area contributed by atoms with E-state index >= 15 is 0 Å². The first-order chi connectivity index (χ1) is 14.8. The zero-order chi connectivity index (χ0) is 22.3. The van der Waals surface area contributed by atoms with E-state index in [4.69, 9.17) is 0 Å². The molecule has 162 valence electrons. The number of anilines is 2. The summed E-state index contributed by atoms with van der Waals surface area (Å²) < 4.78 is 42.4. The molecule has 1 heterocycles. The van der Waals surface area contributed by atoms with Crippen molar-refractivity contribution in [2.24, 2.45) is 0 Å². The van der Waals surface area contributed by atoms with Gasteiger partial charge in [-0.2, -0.15) is 13.2 Å². The predicted octanol–water partition coefficient (Wildman–Crippen LogP) is 4.37. The molecule has 0 radical (unpaired) electrons. The number of nitrogens with zero attached hydrogens (tertiary/aromatic N) is 2. The average molecular weight is 431 g/mol. The summed E-state index contributed by atoms with van der Waals surface area (Å²) in [6.07, 6.45) is 0.893.